The quantitative estimate of drug-likeness (QED) is 0.835. The maximum Gasteiger partial charge on any atom is 0.0175 e. The van der Waals surface area contributed by atoms with Crippen LogP contribution in [0.25, 0.3) is 0 Å². The van der Waals surface area contributed by atoms with Crippen molar-refractivity contribution in [2.45, 2.75) is 31.2 Å². The van der Waals surface area contributed by atoms with Crippen LogP contribution in [0.5, 0.6) is 0 Å². The van der Waals surface area contributed by atoms with E-state index in [-0.39, 0.29) is 12.4 Å². The molecule has 0 amide bonds. The van der Waals surface area contributed by atoms with Crippen LogP contribution in [0.3, 0.4) is 0 Å². The van der Waals surface area contributed by atoms with Crippen molar-refractivity contribution in [1.29, 1.82) is 0 Å². The van der Waals surface area contributed by atoms with Crippen LogP contribution in [0, 0.1) is 0 Å². The van der Waals surface area contributed by atoms with Crippen molar-refractivity contribution in [3.05, 3.63) is 34.3 Å². The van der Waals surface area contributed by atoms with Gasteiger partial charge in [0.15, 0.2) is 0 Å². The Bertz CT molecular complexity index is 286. The second-order valence-electron chi connectivity index (χ2n) is 3.75. The van der Waals surface area contributed by atoms with Crippen LogP contribution in [0.4, 0.5) is 0 Å². The van der Waals surface area contributed by atoms with Crippen LogP contribution < -0.4 is 5.73 Å². The van der Waals surface area contributed by atoms with Gasteiger partial charge in [-0.2, -0.15) is 0 Å². The molecule has 2 atom stereocenters. The SMILES string of the molecule is Cl.NC1CCCC1c1ccc(Br)cc1. The van der Waals surface area contributed by atoms with E-state index < -0.39 is 0 Å². The first-order chi connectivity index (χ1) is 6.27. The predicted octanol–water partition coefficient (Wildman–Crippen LogP) is 3.47. The van der Waals surface area contributed by atoms with Gasteiger partial charge in [0.25, 0.3) is 0 Å². The summed E-state index contributed by atoms with van der Waals surface area (Å²) >= 11 is 3.44. The summed E-state index contributed by atoms with van der Waals surface area (Å²) in [7, 11) is 0. The van der Waals surface area contributed by atoms with E-state index in [9.17, 15) is 0 Å². The van der Waals surface area contributed by atoms with Crippen molar-refractivity contribution in [1.82, 2.24) is 0 Å². The summed E-state index contributed by atoms with van der Waals surface area (Å²) in [5.41, 5.74) is 7.43. The summed E-state index contributed by atoms with van der Waals surface area (Å²) in [6.07, 6.45) is 3.71. The molecule has 0 aromatic heterocycles. The fraction of sp³-hybridized carbons (Fsp3) is 0.455. The van der Waals surface area contributed by atoms with Crippen molar-refractivity contribution in [2.24, 2.45) is 5.73 Å². The zero-order chi connectivity index (χ0) is 9.26. The van der Waals surface area contributed by atoms with Gasteiger partial charge in [0, 0.05) is 10.5 Å². The van der Waals surface area contributed by atoms with Crippen molar-refractivity contribution in [2.75, 3.05) is 0 Å². The van der Waals surface area contributed by atoms with Crippen LogP contribution in [0.2, 0.25) is 0 Å². The Morgan fingerprint density at radius 1 is 1.14 bits per heavy atom. The topological polar surface area (TPSA) is 26.0 Å². The van der Waals surface area contributed by atoms with Crippen LogP contribution in [-0.2, 0) is 0 Å². The molecule has 0 radical (unpaired) electrons. The number of rotatable bonds is 1. The molecule has 1 fully saturated rings. The number of benzene rings is 1. The molecule has 0 saturated heterocycles. The molecule has 1 aromatic rings. The zero-order valence-electron chi connectivity index (χ0n) is 7.95. The lowest BCUT2D eigenvalue weighted by Crippen LogP contribution is -2.22. The van der Waals surface area contributed by atoms with Gasteiger partial charge in [0.2, 0.25) is 0 Å². The highest BCUT2D eigenvalue weighted by Crippen LogP contribution is 2.33. The number of hydrogen-bond donors (Lipinski definition) is 1. The molecule has 1 aliphatic carbocycles. The van der Waals surface area contributed by atoms with Crippen molar-refractivity contribution in [3.8, 4) is 0 Å². The van der Waals surface area contributed by atoms with E-state index in [1.54, 1.807) is 0 Å². The van der Waals surface area contributed by atoms with Gasteiger partial charge in [0.05, 0.1) is 0 Å². The largest absolute Gasteiger partial charge is 0.327 e. The third-order valence-corrected chi connectivity index (χ3v) is 3.40. The standard InChI is InChI=1S/C11H14BrN.ClH/c12-9-6-4-8(5-7-9)10-2-1-3-11(10)13;/h4-7,10-11H,1-3,13H2;1H. The Balaban J connectivity index is 0.000000980. The first kappa shape index (κ1) is 12.0. The van der Waals surface area contributed by atoms with Gasteiger partial charge in [-0.15, -0.1) is 12.4 Å². The molecule has 2 rings (SSSR count). The van der Waals surface area contributed by atoms with E-state index in [2.05, 4.69) is 40.2 Å². The van der Waals surface area contributed by atoms with E-state index in [1.165, 1.54) is 24.8 Å². The normalized spacial score (nSPS) is 25.9. The maximum absolute atomic E-state index is 6.04. The molecule has 3 heteroatoms. The lowest BCUT2D eigenvalue weighted by Gasteiger charge is -2.15. The van der Waals surface area contributed by atoms with Gasteiger partial charge in [-0.05, 0) is 36.5 Å². The van der Waals surface area contributed by atoms with Gasteiger partial charge < -0.3 is 5.73 Å². The molecule has 78 valence electrons. The summed E-state index contributed by atoms with van der Waals surface area (Å²) in [6, 6.07) is 8.93. The first-order valence-corrected chi connectivity index (χ1v) is 5.58. The molecule has 1 nitrogen and oxygen atoms in total. The molecule has 0 bridgehead atoms. The highest BCUT2D eigenvalue weighted by Gasteiger charge is 2.24. The molecular formula is C11H15BrClN. The molecule has 1 aromatic carbocycles. The minimum atomic E-state index is 0. The summed E-state index contributed by atoms with van der Waals surface area (Å²) < 4.78 is 1.14. The van der Waals surface area contributed by atoms with E-state index >= 15 is 0 Å². The number of nitrogens with two attached hydrogens (primary N) is 1. The summed E-state index contributed by atoms with van der Waals surface area (Å²) in [6.45, 7) is 0. The average Bonchev–Trinajstić information content (AvgIpc) is 2.53. The second-order valence-corrected chi connectivity index (χ2v) is 4.67. The Morgan fingerprint density at radius 3 is 2.29 bits per heavy atom. The monoisotopic (exact) mass is 275 g/mol. The highest BCUT2D eigenvalue weighted by atomic mass is 79.9. The molecule has 14 heavy (non-hydrogen) atoms. The molecule has 1 saturated carbocycles. The Kier molecular flexibility index (Phi) is 4.42. The summed E-state index contributed by atoms with van der Waals surface area (Å²) in [5.74, 6) is 0.591. The van der Waals surface area contributed by atoms with Crippen molar-refractivity contribution in [3.63, 3.8) is 0 Å². The third-order valence-electron chi connectivity index (χ3n) is 2.87. The lowest BCUT2D eigenvalue weighted by atomic mass is 9.95. The third kappa shape index (κ3) is 2.50. The Morgan fingerprint density at radius 2 is 1.79 bits per heavy atom. The first-order valence-electron chi connectivity index (χ1n) is 4.78. The fourth-order valence-corrected chi connectivity index (χ4v) is 2.38. The molecule has 0 aliphatic heterocycles. The van der Waals surface area contributed by atoms with Crippen LogP contribution in [0.1, 0.15) is 30.7 Å². The molecule has 1 aliphatic rings. The van der Waals surface area contributed by atoms with Gasteiger partial charge in [-0.3, -0.25) is 0 Å². The van der Waals surface area contributed by atoms with Crippen LogP contribution in [-0.4, -0.2) is 6.04 Å². The lowest BCUT2D eigenvalue weighted by molar-refractivity contribution is 0.613. The zero-order valence-corrected chi connectivity index (χ0v) is 10.4. The maximum atomic E-state index is 6.04. The van der Waals surface area contributed by atoms with E-state index in [1.807, 2.05) is 0 Å². The van der Waals surface area contributed by atoms with Gasteiger partial charge in [-0.25, -0.2) is 0 Å². The minimum absolute atomic E-state index is 0. The van der Waals surface area contributed by atoms with Crippen LogP contribution in [0.15, 0.2) is 28.7 Å². The highest BCUT2D eigenvalue weighted by molar-refractivity contribution is 9.10. The van der Waals surface area contributed by atoms with E-state index in [4.69, 9.17) is 5.73 Å². The minimum Gasteiger partial charge on any atom is -0.327 e. The molecular weight excluding hydrogens is 261 g/mol. The molecule has 0 spiro atoms. The Labute approximate surface area is 99.6 Å². The molecule has 0 heterocycles. The van der Waals surface area contributed by atoms with Gasteiger partial charge >= 0.3 is 0 Å². The summed E-state index contributed by atoms with van der Waals surface area (Å²) in [5, 5.41) is 0. The van der Waals surface area contributed by atoms with E-state index in [0.29, 0.717) is 12.0 Å². The molecule has 2 N–H and O–H groups in total. The van der Waals surface area contributed by atoms with Crippen molar-refractivity contribution < 1.29 is 0 Å². The summed E-state index contributed by atoms with van der Waals surface area (Å²) in [4.78, 5) is 0. The van der Waals surface area contributed by atoms with Gasteiger partial charge in [-0.1, -0.05) is 34.5 Å². The number of halogens is 2. The average molecular weight is 277 g/mol. The van der Waals surface area contributed by atoms with Gasteiger partial charge in [0.1, 0.15) is 0 Å². The smallest absolute Gasteiger partial charge is 0.0175 e. The second kappa shape index (κ2) is 5.15. The molecule has 2 unspecified atom stereocenters. The predicted molar refractivity (Wildman–Crippen MR) is 66.0 cm³/mol. The van der Waals surface area contributed by atoms with Crippen molar-refractivity contribution >= 4 is 28.3 Å². The van der Waals surface area contributed by atoms with E-state index in [0.717, 1.165) is 4.47 Å². The fourth-order valence-electron chi connectivity index (χ4n) is 2.11. The van der Waals surface area contributed by atoms with Crippen LogP contribution >= 0.6 is 28.3 Å². The Hall–Kier alpha value is -0.0500. The number of hydrogen-bond acceptors (Lipinski definition) is 1.